The van der Waals surface area contributed by atoms with E-state index in [0.29, 0.717) is 57.7 Å². The monoisotopic (exact) mass is 588 g/mol. The number of amides is 1. The van der Waals surface area contributed by atoms with Crippen molar-refractivity contribution in [2.45, 2.75) is 39.9 Å². The van der Waals surface area contributed by atoms with Crippen molar-refractivity contribution in [2.75, 3.05) is 18.4 Å². The highest BCUT2D eigenvalue weighted by atomic mass is 35.5. The van der Waals surface area contributed by atoms with Crippen LogP contribution < -0.4 is 10.6 Å². The number of benzene rings is 3. The highest BCUT2D eigenvalue weighted by Crippen LogP contribution is 2.35. The minimum atomic E-state index is -0.715. The number of hydrogen-bond donors (Lipinski definition) is 2. The number of fused-ring (bicyclic) bond motifs is 3. The number of nitrogens with one attached hydrogen (secondary N) is 2. The van der Waals surface area contributed by atoms with Crippen LogP contribution in [0.1, 0.15) is 48.3 Å². The second-order valence-corrected chi connectivity index (χ2v) is 10.8. The van der Waals surface area contributed by atoms with E-state index < -0.39 is 11.6 Å². The molecule has 0 radical (unpaired) electrons. The smallest absolute Gasteiger partial charge is 0.254 e. The normalized spacial score (nSPS) is 17.7. The number of aliphatic imine (C=N–C) groups is 1. The Balaban J connectivity index is 0.00000353. The Morgan fingerprint density at radius 2 is 1.71 bits per heavy atom. The van der Waals surface area contributed by atoms with Crippen molar-refractivity contribution in [3.63, 3.8) is 0 Å². The van der Waals surface area contributed by atoms with E-state index in [1.807, 2.05) is 17.0 Å². The van der Waals surface area contributed by atoms with Crippen molar-refractivity contribution in [2.24, 2.45) is 4.99 Å². The highest BCUT2D eigenvalue weighted by Gasteiger charge is 2.27. The van der Waals surface area contributed by atoms with E-state index in [4.69, 9.17) is 16.6 Å². The fraction of sp³-hybridized carbons (Fsp3) is 0.250. The average molecular weight is 589 g/mol. The summed E-state index contributed by atoms with van der Waals surface area (Å²) in [5, 5.41) is 7.05. The second-order valence-electron chi connectivity index (χ2n) is 10.4. The summed E-state index contributed by atoms with van der Waals surface area (Å²) in [6.07, 6.45) is 1.64. The molecule has 3 heterocycles. The van der Waals surface area contributed by atoms with Crippen molar-refractivity contribution < 1.29 is 13.6 Å². The maximum Gasteiger partial charge on any atom is 0.254 e. The lowest BCUT2D eigenvalue weighted by molar-refractivity contribution is 0.0674. The molecule has 42 heavy (non-hydrogen) atoms. The Morgan fingerprint density at radius 1 is 1.00 bits per heavy atom. The van der Waals surface area contributed by atoms with Crippen LogP contribution in [0.5, 0.6) is 0 Å². The standard InChI is InChI=1S/C31H27ClF2N6O.CH4/c1-17-15-40(16-18(2)37-17)30(41)19-5-3-6-22(11-19)38-31-36-14-20-13-35-29(27-25(33)7-4-8-26(27)34)24-12-21(32)9-10-23(24)28(20)39-31;/h3-12,14,17-18,37H,13,15-16H2,1-2H3,(H,36,38,39);1H4. The van der Waals surface area contributed by atoms with Gasteiger partial charge in [-0.2, -0.15) is 0 Å². The summed E-state index contributed by atoms with van der Waals surface area (Å²) >= 11 is 6.32. The van der Waals surface area contributed by atoms with E-state index in [2.05, 4.69) is 34.5 Å². The summed E-state index contributed by atoms with van der Waals surface area (Å²) < 4.78 is 29.6. The number of carbonyl (C=O) groups excluding carboxylic acids is 1. The number of hydrogen-bond acceptors (Lipinski definition) is 6. The molecule has 0 saturated carbocycles. The molecule has 0 bridgehead atoms. The molecule has 1 fully saturated rings. The van der Waals surface area contributed by atoms with Gasteiger partial charge in [0.2, 0.25) is 5.95 Å². The molecule has 2 N–H and O–H groups in total. The summed E-state index contributed by atoms with van der Waals surface area (Å²) in [7, 11) is 0. The molecule has 2 atom stereocenters. The molecule has 1 amide bonds. The average Bonchev–Trinajstić information content (AvgIpc) is 3.09. The molecule has 1 saturated heterocycles. The molecule has 1 aromatic heterocycles. The van der Waals surface area contributed by atoms with Gasteiger partial charge in [0, 0.05) is 64.3 Å². The molecule has 3 aromatic carbocycles. The topological polar surface area (TPSA) is 82.5 Å². The van der Waals surface area contributed by atoms with Gasteiger partial charge in [-0.15, -0.1) is 0 Å². The molecule has 2 aliphatic rings. The van der Waals surface area contributed by atoms with Crippen molar-refractivity contribution in [3.8, 4) is 11.3 Å². The molecule has 6 rings (SSSR count). The molecule has 2 aliphatic heterocycles. The summed E-state index contributed by atoms with van der Waals surface area (Å²) in [5.74, 6) is -1.16. The number of anilines is 2. The van der Waals surface area contributed by atoms with Gasteiger partial charge in [-0.05, 0) is 56.3 Å². The number of aromatic nitrogens is 2. The van der Waals surface area contributed by atoms with Crippen molar-refractivity contribution in [1.29, 1.82) is 0 Å². The van der Waals surface area contributed by atoms with Gasteiger partial charge in [0.05, 0.1) is 23.5 Å². The van der Waals surface area contributed by atoms with Crippen LogP contribution in [0.25, 0.3) is 11.3 Å². The summed E-state index contributed by atoms with van der Waals surface area (Å²) in [5.41, 5.74) is 3.52. The third-order valence-corrected chi connectivity index (χ3v) is 7.41. The van der Waals surface area contributed by atoms with Crippen molar-refractivity contribution in [3.05, 3.63) is 106 Å². The van der Waals surface area contributed by atoms with Gasteiger partial charge in [-0.25, -0.2) is 18.7 Å². The van der Waals surface area contributed by atoms with E-state index in [1.54, 1.807) is 36.5 Å². The quantitative estimate of drug-likeness (QED) is 0.280. The Hall–Kier alpha value is -4.21. The fourth-order valence-electron chi connectivity index (χ4n) is 5.46. The van der Waals surface area contributed by atoms with E-state index in [9.17, 15) is 13.6 Å². The lowest BCUT2D eigenvalue weighted by Gasteiger charge is -2.36. The maximum atomic E-state index is 14.8. The lowest BCUT2D eigenvalue weighted by atomic mass is 9.95. The summed E-state index contributed by atoms with van der Waals surface area (Å²) in [6.45, 7) is 5.53. The number of carbonyl (C=O) groups is 1. The van der Waals surface area contributed by atoms with Crippen LogP contribution in [0.2, 0.25) is 5.02 Å². The number of piperazine rings is 1. The summed E-state index contributed by atoms with van der Waals surface area (Å²) in [6, 6.07) is 16.5. The summed E-state index contributed by atoms with van der Waals surface area (Å²) in [4.78, 5) is 28.9. The van der Waals surface area contributed by atoms with E-state index in [-0.39, 0.29) is 43.2 Å². The van der Waals surface area contributed by atoms with E-state index in [1.165, 1.54) is 18.2 Å². The minimum Gasteiger partial charge on any atom is -0.336 e. The minimum absolute atomic E-state index is 0. The Morgan fingerprint density at radius 3 is 2.45 bits per heavy atom. The molecular formula is C32H31ClF2N6O. The first-order valence-electron chi connectivity index (χ1n) is 13.3. The molecule has 2 unspecified atom stereocenters. The fourth-order valence-corrected chi connectivity index (χ4v) is 5.63. The zero-order valence-corrected chi connectivity index (χ0v) is 23.2. The first kappa shape index (κ1) is 29.3. The van der Waals surface area contributed by atoms with Gasteiger partial charge in [-0.1, -0.05) is 37.2 Å². The third kappa shape index (κ3) is 5.75. The van der Waals surface area contributed by atoms with E-state index >= 15 is 0 Å². The molecule has 0 aliphatic carbocycles. The van der Waals surface area contributed by atoms with Crippen LogP contribution in [0.4, 0.5) is 20.4 Å². The van der Waals surface area contributed by atoms with Gasteiger partial charge in [-0.3, -0.25) is 9.79 Å². The first-order chi connectivity index (χ1) is 19.8. The van der Waals surface area contributed by atoms with Crippen LogP contribution in [0.15, 0.2) is 71.9 Å². The maximum absolute atomic E-state index is 14.8. The van der Waals surface area contributed by atoms with Crippen LogP contribution >= 0.6 is 11.6 Å². The molecule has 216 valence electrons. The Bertz CT molecular complexity index is 1660. The van der Waals surface area contributed by atoms with Crippen molar-refractivity contribution >= 4 is 34.9 Å². The third-order valence-electron chi connectivity index (χ3n) is 7.17. The van der Waals surface area contributed by atoms with E-state index in [0.717, 1.165) is 0 Å². The zero-order valence-electron chi connectivity index (χ0n) is 22.5. The molecule has 4 aromatic rings. The lowest BCUT2D eigenvalue weighted by Crippen LogP contribution is -2.55. The van der Waals surface area contributed by atoms with Crippen LogP contribution in [-0.2, 0) is 6.54 Å². The molecule has 0 spiro atoms. The van der Waals surface area contributed by atoms with Crippen LogP contribution in [-0.4, -0.2) is 51.7 Å². The largest absolute Gasteiger partial charge is 0.336 e. The van der Waals surface area contributed by atoms with Crippen LogP contribution in [0.3, 0.4) is 0 Å². The number of halogens is 3. The Kier molecular flexibility index (Phi) is 8.34. The second kappa shape index (κ2) is 12.0. The van der Waals surface area contributed by atoms with Crippen molar-refractivity contribution in [1.82, 2.24) is 20.2 Å². The Labute approximate surface area is 248 Å². The van der Waals surface area contributed by atoms with Gasteiger partial charge in [0.25, 0.3) is 5.91 Å². The van der Waals surface area contributed by atoms with Gasteiger partial charge < -0.3 is 15.5 Å². The molecule has 7 nitrogen and oxygen atoms in total. The highest BCUT2D eigenvalue weighted by molar-refractivity contribution is 6.31. The number of rotatable bonds is 4. The van der Waals surface area contributed by atoms with Gasteiger partial charge >= 0.3 is 0 Å². The number of nitrogens with zero attached hydrogens (tertiary/aromatic N) is 4. The predicted molar refractivity (Wildman–Crippen MR) is 163 cm³/mol. The molecule has 10 heteroatoms. The first-order valence-corrected chi connectivity index (χ1v) is 13.7. The SMILES string of the molecule is C.CC1CN(C(=O)c2cccc(Nc3ncc4c(n3)-c3ccc(Cl)cc3C(c3c(F)cccc3F)=NC4)c2)CC(C)N1. The predicted octanol–water partition coefficient (Wildman–Crippen LogP) is 6.63. The van der Waals surface area contributed by atoms with Crippen LogP contribution in [0, 0.1) is 11.6 Å². The zero-order chi connectivity index (χ0) is 28.7. The van der Waals surface area contributed by atoms with Gasteiger partial charge in [0.15, 0.2) is 0 Å². The van der Waals surface area contributed by atoms with Gasteiger partial charge in [0.1, 0.15) is 11.6 Å². The molecular weight excluding hydrogens is 558 g/mol.